The van der Waals surface area contributed by atoms with Crippen LogP contribution in [0, 0.1) is 0 Å². The predicted octanol–water partition coefficient (Wildman–Crippen LogP) is 6.74. The molecule has 22 heavy (non-hydrogen) atoms. The van der Waals surface area contributed by atoms with E-state index < -0.39 is 16.6 Å². The fourth-order valence-electron chi connectivity index (χ4n) is 1.67. The molecule has 1 aliphatic carbocycles. The minimum Gasteiger partial charge on any atom is -0.285 e. The van der Waals surface area contributed by atoms with Gasteiger partial charge in [-0.15, -0.1) is 0 Å². The van der Waals surface area contributed by atoms with Gasteiger partial charge in [-0.3, -0.25) is 9.59 Å². The lowest BCUT2D eigenvalue weighted by Crippen LogP contribution is -2.21. The van der Waals surface area contributed by atoms with E-state index in [1.807, 2.05) is 0 Å². The summed E-state index contributed by atoms with van der Waals surface area (Å²) < 4.78 is 0. The first-order valence-corrected chi connectivity index (χ1v) is 8.19. The smallest absolute Gasteiger partial charge is 0.246 e. The molecule has 2 nitrogen and oxygen atoms in total. The zero-order chi connectivity index (χ0) is 16.9. The van der Waals surface area contributed by atoms with Gasteiger partial charge < -0.3 is 0 Å². The van der Waals surface area contributed by atoms with Crippen LogP contribution < -0.4 is 0 Å². The van der Waals surface area contributed by atoms with Gasteiger partial charge in [0.1, 0.15) is 5.03 Å². The second kappa shape index (κ2) is 6.70. The Labute approximate surface area is 164 Å². The van der Waals surface area contributed by atoms with Crippen molar-refractivity contribution in [3.63, 3.8) is 0 Å². The largest absolute Gasteiger partial charge is 0.285 e. The van der Waals surface area contributed by atoms with Gasteiger partial charge in [0, 0.05) is 5.56 Å². The van der Waals surface area contributed by atoms with Crippen molar-refractivity contribution in [2.75, 3.05) is 0 Å². The summed E-state index contributed by atoms with van der Waals surface area (Å²) in [6.07, 6.45) is 0. The van der Waals surface area contributed by atoms with Gasteiger partial charge in [-0.1, -0.05) is 92.8 Å². The van der Waals surface area contributed by atoms with Crippen molar-refractivity contribution in [2.24, 2.45) is 0 Å². The average molecular weight is 460 g/mol. The summed E-state index contributed by atoms with van der Waals surface area (Å²) in [6.45, 7) is 0. The number of carbonyl (C=O) groups excluding carboxylic acids is 2. The zero-order valence-corrected chi connectivity index (χ0v) is 15.9. The summed E-state index contributed by atoms with van der Waals surface area (Å²) in [6, 6.07) is 0. The number of halogens is 8. The first kappa shape index (κ1) is 18.7. The number of hydrogen-bond donors (Lipinski definition) is 0. The van der Waals surface area contributed by atoms with Crippen LogP contribution in [-0.4, -0.2) is 11.6 Å². The predicted molar refractivity (Wildman–Crippen MR) is 93.0 cm³/mol. The lowest BCUT2D eigenvalue weighted by Gasteiger charge is -2.19. The molecule has 0 spiro atoms. The highest BCUT2D eigenvalue weighted by Gasteiger charge is 2.37. The number of carbonyl (C=O) groups is 2. The van der Waals surface area contributed by atoms with E-state index in [1.165, 1.54) is 0 Å². The van der Waals surface area contributed by atoms with Gasteiger partial charge in [-0.05, 0) is 0 Å². The molecule has 1 aromatic carbocycles. The Morgan fingerprint density at radius 3 is 1.32 bits per heavy atom. The molecule has 0 amide bonds. The van der Waals surface area contributed by atoms with Crippen LogP contribution in [0.4, 0.5) is 0 Å². The summed E-state index contributed by atoms with van der Waals surface area (Å²) in [5, 5.41) is -1.90. The van der Waals surface area contributed by atoms with E-state index in [0.29, 0.717) is 0 Å². The lowest BCUT2D eigenvalue weighted by atomic mass is 9.94. The molecule has 0 saturated carbocycles. The maximum atomic E-state index is 12.2. The zero-order valence-electron chi connectivity index (χ0n) is 9.84. The molecule has 0 N–H and O–H groups in total. The second-order valence-corrected chi connectivity index (χ2v) is 6.94. The topological polar surface area (TPSA) is 34.1 Å². The van der Waals surface area contributed by atoms with E-state index in [4.69, 9.17) is 92.8 Å². The minimum atomic E-state index is -1.06. The number of hydrogen-bond acceptors (Lipinski definition) is 2. The normalized spacial score (nSPS) is 16.0. The monoisotopic (exact) mass is 456 g/mol. The van der Waals surface area contributed by atoms with E-state index >= 15 is 0 Å². The molecule has 10 heteroatoms. The first-order chi connectivity index (χ1) is 10.1. The third-order valence-corrected chi connectivity index (χ3v) is 6.28. The number of benzene rings is 1. The van der Waals surface area contributed by atoms with Gasteiger partial charge in [-0.25, -0.2) is 0 Å². The van der Waals surface area contributed by atoms with Crippen LogP contribution in [0.25, 0.3) is 5.57 Å². The molecule has 0 unspecified atom stereocenters. The average Bonchev–Trinajstić information content (AvgIpc) is 2.50. The van der Waals surface area contributed by atoms with Crippen molar-refractivity contribution >= 4 is 110 Å². The van der Waals surface area contributed by atoms with Crippen LogP contribution in [0.2, 0.25) is 25.1 Å². The lowest BCUT2D eigenvalue weighted by molar-refractivity contribution is -0.130. The fraction of sp³-hybridized carbons (Fsp3) is 0. The van der Waals surface area contributed by atoms with Crippen molar-refractivity contribution in [3.05, 3.63) is 45.8 Å². The molecule has 1 aliphatic rings. The highest BCUT2D eigenvalue weighted by Crippen LogP contribution is 2.49. The molecule has 0 bridgehead atoms. The summed E-state index contributed by atoms with van der Waals surface area (Å²) in [5.74, 6) is -2.10. The van der Waals surface area contributed by atoms with Crippen molar-refractivity contribution in [2.45, 2.75) is 0 Å². The van der Waals surface area contributed by atoms with Crippen molar-refractivity contribution < 1.29 is 9.59 Å². The summed E-state index contributed by atoms with van der Waals surface area (Å²) in [5.41, 5.74) is -0.495. The Kier molecular flexibility index (Phi) is 5.69. The van der Waals surface area contributed by atoms with E-state index in [0.717, 1.165) is 0 Å². The summed E-state index contributed by atoms with van der Waals surface area (Å²) in [4.78, 5) is 24.0. The Hall–Kier alpha value is 0.360. The molecule has 0 radical (unpaired) electrons. The summed E-state index contributed by atoms with van der Waals surface area (Å²) >= 11 is 47.4. The van der Waals surface area contributed by atoms with Gasteiger partial charge in [0.25, 0.3) is 0 Å². The van der Waals surface area contributed by atoms with Crippen LogP contribution in [-0.2, 0) is 9.59 Å². The third-order valence-electron chi connectivity index (χ3n) is 2.70. The van der Waals surface area contributed by atoms with E-state index in [1.54, 1.807) is 0 Å². The van der Waals surface area contributed by atoms with Gasteiger partial charge in [0.15, 0.2) is 0 Å². The Bertz CT molecular complexity index is 777. The van der Waals surface area contributed by atoms with Gasteiger partial charge in [0.2, 0.25) is 11.6 Å². The molecular weight excluding hydrogens is 460 g/mol. The van der Waals surface area contributed by atoms with Crippen molar-refractivity contribution in [3.8, 4) is 0 Å². The molecule has 0 atom stereocenters. The van der Waals surface area contributed by atoms with E-state index in [2.05, 4.69) is 0 Å². The molecule has 0 fully saturated rings. The first-order valence-electron chi connectivity index (χ1n) is 5.17. The SMILES string of the molecule is O=C1C(=O)C(c2c(Cl)c(Cl)c(Cl)c(Cl)c2Cl)=C(Cl)C(Cl)=C1Cl. The molecule has 0 heterocycles. The van der Waals surface area contributed by atoms with Crippen LogP contribution in [0.3, 0.4) is 0 Å². The fourth-order valence-corrected chi connectivity index (χ4v) is 3.68. The highest BCUT2D eigenvalue weighted by molar-refractivity contribution is 6.73. The molecular formula is C12Cl8O2. The standard InChI is InChI=1S/C12Cl8O2/c13-3-1(4(14)7(17)9(19)6(3)16)2-5(15)8(18)10(20)12(22)11(2)21. The maximum absolute atomic E-state index is 12.2. The van der Waals surface area contributed by atoms with Crippen LogP contribution >= 0.6 is 92.8 Å². The maximum Gasteiger partial charge on any atom is 0.246 e. The van der Waals surface area contributed by atoms with Gasteiger partial charge in [0.05, 0.1) is 40.8 Å². The number of allylic oxidation sites excluding steroid dienone is 4. The quantitative estimate of drug-likeness (QED) is 0.202. The number of rotatable bonds is 1. The molecule has 0 aromatic heterocycles. The van der Waals surface area contributed by atoms with Crippen molar-refractivity contribution in [1.82, 2.24) is 0 Å². The van der Waals surface area contributed by atoms with Crippen LogP contribution in [0.1, 0.15) is 5.56 Å². The molecule has 0 saturated heterocycles. The molecule has 2 rings (SSSR count). The van der Waals surface area contributed by atoms with Gasteiger partial charge in [-0.2, -0.15) is 0 Å². The molecule has 1 aromatic rings. The summed E-state index contributed by atoms with van der Waals surface area (Å²) in [7, 11) is 0. The Morgan fingerprint density at radius 2 is 0.864 bits per heavy atom. The molecule has 116 valence electrons. The Balaban J connectivity index is 2.94. The number of Topliss-reactive ketones (excluding diaryl/α,β-unsaturated/α-hetero) is 2. The second-order valence-electron chi connectivity index (χ2n) is 3.92. The van der Waals surface area contributed by atoms with Crippen molar-refractivity contribution in [1.29, 1.82) is 0 Å². The van der Waals surface area contributed by atoms with E-state index in [-0.39, 0.29) is 46.3 Å². The highest BCUT2D eigenvalue weighted by atomic mass is 35.5. The van der Waals surface area contributed by atoms with Crippen LogP contribution in [0.15, 0.2) is 15.1 Å². The number of ketones is 2. The van der Waals surface area contributed by atoms with Gasteiger partial charge >= 0.3 is 0 Å². The van der Waals surface area contributed by atoms with E-state index in [9.17, 15) is 9.59 Å². The Morgan fingerprint density at radius 1 is 0.455 bits per heavy atom. The van der Waals surface area contributed by atoms with Crippen LogP contribution in [0.5, 0.6) is 0 Å². The third kappa shape index (κ3) is 2.78. The minimum absolute atomic E-state index is 0.104. The molecule has 0 aliphatic heterocycles.